The average molecular weight is 286 g/mol. The van der Waals surface area contributed by atoms with E-state index in [-0.39, 0.29) is 5.91 Å². The summed E-state index contributed by atoms with van der Waals surface area (Å²) in [7, 11) is 0. The van der Waals surface area contributed by atoms with Gasteiger partial charge in [0.1, 0.15) is 0 Å². The summed E-state index contributed by atoms with van der Waals surface area (Å²) in [6.07, 6.45) is 1.86. The summed E-state index contributed by atoms with van der Waals surface area (Å²) < 4.78 is 0. The third-order valence-corrected chi connectivity index (χ3v) is 4.93. The summed E-state index contributed by atoms with van der Waals surface area (Å²) in [6.45, 7) is 3.52. The van der Waals surface area contributed by atoms with Gasteiger partial charge in [0, 0.05) is 23.7 Å². The molecule has 3 rings (SSSR count). The minimum Gasteiger partial charge on any atom is -0.398 e. The van der Waals surface area contributed by atoms with Crippen LogP contribution < -0.4 is 5.73 Å². The lowest BCUT2D eigenvalue weighted by Gasteiger charge is -2.19. The molecule has 2 heterocycles. The molecule has 3 nitrogen and oxygen atoms in total. The van der Waals surface area contributed by atoms with Crippen LogP contribution in [0.4, 0.5) is 5.69 Å². The van der Waals surface area contributed by atoms with E-state index >= 15 is 0 Å². The number of nitrogen functional groups attached to an aromatic ring is 1. The molecule has 0 saturated carbocycles. The van der Waals surface area contributed by atoms with Crippen molar-refractivity contribution in [3.05, 3.63) is 51.2 Å². The zero-order chi connectivity index (χ0) is 14.1. The first-order chi connectivity index (χ1) is 9.65. The SMILES string of the molecule is Cc1sc(C(=O)N2CCc3ccccc3CC2)cc1N. The highest BCUT2D eigenvalue weighted by molar-refractivity contribution is 7.14. The van der Waals surface area contributed by atoms with Crippen molar-refractivity contribution in [1.29, 1.82) is 0 Å². The Hall–Kier alpha value is -1.81. The fourth-order valence-corrected chi connectivity index (χ4v) is 3.54. The molecule has 0 unspecified atom stereocenters. The molecular weight excluding hydrogens is 268 g/mol. The van der Waals surface area contributed by atoms with Gasteiger partial charge in [0.2, 0.25) is 0 Å². The normalized spacial score (nSPS) is 14.8. The minimum absolute atomic E-state index is 0.114. The highest BCUT2D eigenvalue weighted by atomic mass is 32.1. The monoisotopic (exact) mass is 286 g/mol. The number of anilines is 1. The molecule has 0 bridgehead atoms. The van der Waals surface area contributed by atoms with Gasteiger partial charge in [-0.2, -0.15) is 0 Å². The second kappa shape index (κ2) is 5.29. The van der Waals surface area contributed by atoms with Gasteiger partial charge >= 0.3 is 0 Å². The summed E-state index contributed by atoms with van der Waals surface area (Å²) in [5.41, 5.74) is 9.30. The zero-order valence-electron chi connectivity index (χ0n) is 11.6. The first kappa shape index (κ1) is 13.2. The number of amides is 1. The lowest BCUT2D eigenvalue weighted by atomic mass is 10.0. The van der Waals surface area contributed by atoms with Crippen LogP contribution in [-0.4, -0.2) is 23.9 Å². The maximum atomic E-state index is 12.5. The van der Waals surface area contributed by atoms with Gasteiger partial charge in [-0.05, 0) is 37.0 Å². The summed E-state index contributed by atoms with van der Waals surface area (Å²) >= 11 is 1.49. The van der Waals surface area contributed by atoms with Crippen LogP contribution in [0.25, 0.3) is 0 Å². The molecule has 1 aromatic heterocycles. The highest BCUT2D eigenvalue weighted by Crippen LogP contribution is 2.25. The van der Waals surface area contributed by atoms with E-state index in [1.165, 1.54) is 22.5 Å². The lowest BCUT2D eigenvalue weighted by Crippen LogP contribution is -2.32. The van der Waals surface area contributed by atoms with Crippen LogP contribution in [0.15, 0.2) is 30.3 Å². The fourth-order valence-electron chi connectivity index (χ4n) is 2.63. The average Bonchev–Trinajstić information content (AvgIpc) is 2.68. The molecule has 0 atom stereocenters. The number of hydrogen-bond acceptors (Lipinski definition) is 3. The molecule has 1 aliphatic rings. The van der Waals surface area contributed by atoms with E-state index in [9.17, 15) is 4.79 Å². The molecule has 1 aliphatic heterocycles. The first-order valence-electron chi connectivity index (χ1n) is 6.87. The maximum absolute atomic E-state index is 12.5. The number of benzene rings is 1. The Morgan fingerprint density at radius 2 is 1.80 bits per heavy atom. The third-order valence-electron chi connectivity index (χ3n) is 3.87. The molecule has 2 N–H and O–H groups in total. The number of fused-ring (bicyclic) bond motifs is 1. The van der Waals surface area contributed by atoms with Crippen LogP contribution in [-0.2, 0) is 12.8 Å². The Labute approximate surface area is 123 Å². The molecule has 2 aromatic rings. The fraction of sp³-hybridized carbons (Fsp3) is 0.312. The Kier molecular flexibility index (Phi) is 3.49. The van der Waals surface area contributed by atoms with Gasteiger partial charge in [-0.15, -0.1) is 11.3 Å². The van der Waals surface area contributed by atoms with E-state index in [0.717, 1.165) is 41.4 Å². The van der Waals surface area contributed by atoms with Crippen LogP contribution >= 0.6 is 11.3 Å². The molecule has 0 fully saturated rings. The Morgan fingerprint density at radius 1 is 1.20 bits per heavy atom. The molecule has 0 spiro atoms. The van der Waals surface area contributed by atoms with Crippen LogP contribution in [0.5, 0.6) is 0 Å². The molecule has 1 amide bonds. The van der Waals surface area contributed by atoms with Gasteiger partial charge < -0.3 is 10.6 Å². The van der Waals surface area contributed by atoms with Crippen molar-refractivity contribution in [2.45, 2.75) is 19.8 Å². The maximum Gasteiger partial charge on any atom is 0.264 e. The van der Waals surface area contributed by atoms with E-state index in [2.05, 4.69) is 24.3 Å². The number of rotatable bonds is 1. The predicted molar refractivity (Wildman–Crippen MR) is 83.2 cm³/mol. The smallest absolute Gasteiger partial charge is 0.264 e. The quantitative estimate of drug-likeness (QED) is 0.876. The number of carbonyl (C=O) groups is 1. The van der Waals surface area contributed by atoms with Gasteiger partial charge in [-0.25, -0.2) is 0 Å². The van der Waals surface area contributed by atoms with Crippen LogP contribution in [0.3, 0.4) is 0 Å². The Bertz CT molecular complexity index is 601. The standard InChI is InChI=1S/C16H18N2OS/c1-11-14(17)10-15(20-11)16(19)18-8-6-12-4-2-3-5-13(12)7-9-18/h2-5,10H,6-9,17H2,1H3. The van der Waals surface area contributed by atoms with Crippen molar-refractivity contribution >= 4 is 22.9 Å². The molecule has 1 aromatic carbocycles. The second-order valence-corrected chi connectivity index (χ2v) is 6.44. The summed E-state index contributed by atoms with van der Waals surface area (Å²) in [4.78, 5) is 16.3. The molecule has 20 heavy (non-hydrogen) atoms. The van der Waals surface area contributed by atoms with Crippen LogP contribution in [0, 0.1) is 6.92 Å². The van der Waals surface area contributed by atoms with Crippen molar-refractivity contribution in [1.82, 2.24) is 4.90 Å². The van der Waals surface area contributed by atoms with Crippen molar-refractivity contribution < 1.29 is 4.79 Å². The molecule has 0 aliphatic carbocycles. The molecule has 0 saturated heterocycles. The van der Waals surface area contributed by atoms with Crippen molar-refractivity contribution in [2.24, 2.45) is 0 Å². The topological polar surface area (TPSA) is 46.3 Å². The number of nitrogens with two attached hydrogens (primary N) is 1. The van der Waals surface area contributed by atoms with E-state index in [1.54, 1.807) is 6.07 Å². The predicted octanol–water partition coefficient (Wildman–Crippen LogP) is 2.88. The number of nitrogens with zero attached hydrogens (tertiary/aromatic N) is 1. The summed E-state index contributed by atoms with van der Waals surface area (Å²) in [5, 5.41) is 0. The number of thiophene rings is 1. The number of aryl methyl sites for hydroxylation is 1. The van der Waals surface area contributed by atoms with Gasteiger partial charge in [0.15, 0.2) is 0 Å². The first-order valence-corrected chi connectivity index (χ1v) is 7.69. The zero-order valence-corrected chi connectivity index (χ0v) is 12.4. The number of hydrogen-bond donors (Lipinski definition) is 1. The Balaban J connectivity index is 1.78. The van der Waals surface area contributed by atoms with E-state index in [0.29, 0.717) is 0 Å². The highest BCUT2D eigenvalue weighted by Gasteiger charge is 2.21. The van der Waals surface area contributed by atoms with Crippen LogP contribution in [0.1, 0.15) is 25.7 Å². The summed E-state index contributed by atoms with van der Waals surface area (Å²) in [6, 6.07) is 10.3. The van der Waals surface area contributed by atoms with Crippen LogP contribution in [0.2, 0.25) is 0 Å². The van der Waals surface area contributed by atoms with E-state index in [4.69, 9.17) is 5.73 Å². The lowest BCUT2D eigenvalue weighted by molar-refractivity contribution is 0.0768. The second-order valence-electron chi connectivity index (χ2n) is 5.18. The van der Waals surface area contributed by atoms with Crippen molar-refractivity contribution in [3.8, 4) is 0 Å². The van der Waals surface area contributed by atoms with Crippen molar-refractivity contribution in [2.75, 3.05) is 18.8 Å². The summed E-state index contributed by atoms with van der Waals surface area (Å²) in [5.74, 6) is 0.114. The minimum atomic E-state index is 0.114. The van der Waals surface area contributed by atoms with Gasteiger partial charge in [0.05, 0.1) is 4.88 Å². The van der Waals surface area contributed by atoms with Crippen molar-refractivity contribution in [3.63, 3.8) is 0 Å². The van der Waals surface area contributed by atoms with E-state index in [1.807, 2.05) is 11.8 Å². The molecular formula is C16H18N2OS. The van der Waals surface area contributed by atoms with Gasteiger partial charge in [0.25, 0.3) is 5.91 Å². The number of carbonyl (C=O) groups excluding carboxylic acids is 1. The van der Waals surface area contributed by atoms with Gasteiger partial charge in [-0.1, -0.05) is 24.3 Å². The van der Waals surface area contributed by atoms with E-state index < -0.39 is 0 Å². The Morgan fingerprint density at radius 3 is 2.30 bits per heavy atom. The molecule has 0 radical (unpaired) electrons. The molecule has 4 heteroatoms. The molecule has 104 valence electrons. The largest absolute Gasteiger partial charge is 0.398 e. The van der Waals surface area contributed by atoms with Gasteiger partial charge in [-0.3, -0.25) is 4.79 Å². The third kappa shape index (κ3) is 2.43.